The largest absolute Gasteiger partial charge is 0.333 e. The maximum Gasteiger partial charge on any atom is 0.0948 e. The van der Waals surface area contributed by atoms with E-state index >= 15 is 0 Å². The van der Waals surface area contributed by atoms with E-state index in [2.05, 4.69) is 21.1 Å². The van der Waals surface area contributed by atoms with Crippen molar-refractivity contribution in [3.63, 3.8) is 0 Å². The van der Waals surface area contributed by atoms with Crippen LogP contribution in [0.25, 0.3) is 0 Å². The Kier molecular flexibility index (Phi) is 5.73. The average molecular weight is 289 g/mol. The molecule has 0 saturated heterocycles. The van der Waals surface area contributed by atoms with Gasteiger partial charge < -0.3 is 9.88 Å². The Hall–Kier alpha value is -0.830. The highest BCUT2D eigenvalue weighted by Gasteiger charge is 2.19. The lowest BCUT2D eigenvalue weighted by Gasteiger charge is -2.23. The molecule has 118 valence electrons. The lowest BCUT2D eigenvalue weighted by atomic mass is 9.87. The van der Waals surface area contributed by atoms with E-state index in [1.54, 1.807) is 0 Å². The summed E-state index contributed by atoms with van der Waals surface area (Å²) in [5.74, 6) is 0.763. The van der Waals surface area contributed by atoms with E-state index in [1.807, 2.05) is 6.33 Å². The molecule has 3 rings (SSSR count). The van der Waals surface area contributed by atoms with Gasteiger partial charge in [0.1, 0.15) is 0 Å². The summed E-state index contributed by atoms with van der Waals surface area (Å²) in [5.41, 5.74) is 1.48. The zero-order valence-electron chi connectivity index (χ0n) is 13.4. The first-order valence-corrected chi connectivity index (χ1v) is 9.17. The van der Waals surface area contributed by atoms with Gasteiger partial charge in [-0.15, -0.1) is 0 Å². The topological polar surface area (TPSA) is 29.9 Å². The zero-order valence-corrected chi connectivity index (χ0v) is 13.4. The molecule has 0 amide bonds. The second-order valence-electron chi connectivity index (χ2n) is 6.99. The Morgan fingerprint density at radius 3 is 2.38 bits per heavy atom. The predicted octanol–water partition coefficient (Wildman–Crippen LogP) is 4.24. The Balaban J connectivity index is 1.47. The van der Waals surface area contributed by atoms with Crippen molar-refractivity contribution in [3.05, 3.63) is 18.2 Å². The number of hydrogen-bond acceptors (Lipinski definition) is 2. The smallest absolute Gasteiger partial charge is 0.0948 e. The number of imidazole rings is 1. The van der Waals surface area contributed by atoms with Gasteiger partial charge in [-0.05, 0) is 25.7 Å². The van der Waals surface area contributed by atoms with Crippen LogP contribution in [0.4, 0.5) is 0 Å². The molecule has 0 spiro atoms. The van der Waals surface area contributed by atoms with Crippen molar-refractivity contribution in [2.75, 3.05) is 6.54 Å². The number of nitrogens with one attached hydrogen (secondary N) is 1. The van der Waals surface area contributed by atoms with Gasteiger partial charge in [-0.2, -0.15) is 0 Å². The van der Waals surface area contributed by atoms with Crippen molar-refractivity contribution in [1.82, 2.24) is 14.9 Å². The molecule has 0 aliphatic heterocycles. The maximum atomic E-state index is 4.41. The fourth-order valence-corrected chi connectivity index (χ4v) is 4.13. The molecular formula is C18H31N3. The molecule has 2 fully saturated rings. The van der Waals surface area contributed by atoms with Crippen molar-refractivity contribution in [3.8, 4) is 0 Å². The molecule has 3 nitrogen and oxygen atoms in total. The first-order chi connectivity index (χ1) is 10.4. The number of aromatic nitrogens is 2. The molecule has 2 saturated carbocycles. The van der Waals surface area contributed by atoms with Gasteiger partial charge in [-0.25, -0.2) is 4.98 Å². The lowest BCUT2D eigenvalue weighted by molar-refractivity contribution is 0.410. The average Bonchev–Trinajstić information content (AvgIpc) is 2.84. The fraction of sp³-hybridized carbons (Fsp3) is 0.833. The van der Waals surface area contributed by atoms with Crippen molar-refractivity contribution < 1.29 is 0 Å². The molecule has 0 aromatic carbocycles. The van der Waals surface area contributed by atoms with Gasteiger partial charge in [0, 0.05) is 36.9 Å². The highest BCUT2D eigenvalue weighted by atomic mass is 15.1. The normalized spacial score (nSPS) is 22.3. The van der Waals surface area contributed by atoms with Crippen LogP contribution in [-0.4, -0.2) is 22.1 Å². The van der Waals surface area contributed by atoms with Gasteiger partial charge in [0.15, 0.2) is 0 Å². The first kappa shape index (κ1) is 15.1. The fourth-order valence-electron chi connectivity index (χ4n) is 4.13. The van der Waals surface area contributed by atoms with Crippen LogP contribution in [0.1, 0.15) is 82.2 Å². The molecule has 1 heterocycles. The molecule has 1 N–H and O–H groups in total. The summed E-state index contributed by atoms with van der Waals surface area (Å²) < 4.78 is 2.40. The monoisotopic (exact) mass is 289 g/mol. The maximum absolute atomic E-state index is 4.41. The van der Waals surface area contributed by atoms with Crippen LogP contribution in [0.5, 0.6) is 0 Å². The second kappa shape index (κ2) is 7.98. The van der Waals surface area contributed by atoms with Gasteiger partial charge in [0.2, 0.25) is 0 Å². The van der Waals surface area contributed by atoms with Gasteiger partial charge in [-0.3, -0.25) is 0 Å². The minimum absolute atomic E-state index is 0.758. The molecule has 0 atom stereocenters. The van der Waals surface area contributed by atoms with Crippen LogP contribution < -0.4 is 5.32 Å². The summed E-state index contributed by atoms with van der Waals surface area (Å²) in [7, 11) is 0. The van der Waals surface area contributed by atoms with Gasteiger partial charge in [0.05, 0.1) is 6.33 Å². The summed E-state index contributed by atoms with van der Waals surface area (Å²) in [6.45, 7) is 2.18. The minimum atomic E-state index is 0.758. The number of hydrogen-bond donors (Lipinski definition) is 1. The van der Waals surface area contributed by atoms with Gasteiger partial charge in [-0.1, -0.05) is 44.9 Å². The van der Waals surface area contributed by atoms with E-state index in [9.17, 15) is 0 Å². The summed E-state index contributed by atoms with van der Waals surface area (Å²) in [6.07, 6.45) is 19.5. The Labute approximate surface area is 129 Å². The molecule has 2 aliphatic carbocycles. The standard InChI is InChI=1S/C18H31N3/c1-2-7-11-17(10-6-1)20-12-13-21-15-19-14-18(21)16-8-4-3-5-9-16/h14-17,20H,1-13H2. The minimum Gasteiger partial charge on any atom is -0.333 e. The summed E-state index contributed by atoms with van der Waals surface area (Å²) in [6, 6.07) is 0.758. The molecule has 0 radical (unpaired) electrons. The van der Waals surface area contributed by atoms with Crippen LogP contribution >= 0.6 is 0 Å². The Bertz CT molecular complexity index is 398. The molecule has 21 heavy (non-hydrogen) atoms. The van der Waals surface area contributed by atoms with Gasteiger partial charge >= 0.3 is 0 Å². The highest BCUT2D eigenvalue weighted by Crippen LogP contribution is 2.32. The van der Waals surface area contributed by atoms with Crippen LogP contribution in [0, 0.1) is 0 Å². The molecule has 2 aliphatic rings. The van der Waals surface area contributed by atoms with Crippen LogP contribution in [0.15, 0.2) is 12.5 Å². The van der Waals surface area contributed by atoms with Crippen LogP contribution in [-0.2, 0) is 6.54 Å². The summed E-state index contributed by atoms with van der Waals surface area (Å²) >= 11 is 0. The Morgan fingerprint density at radius 1 is 0.952 bits per heavy atom. The number of nitrogens with zero attached hydrogens (tertiary/aromatic N) is 2. The molecule has 0 bridgehead atoms. The van der Waals surface area contributed by atoms with E-state index < -0.39 is 0 Å². The van der Waals surface area contributed by atoms with Crippen LogP contribution in [0.2, 0.25) is 0 Å². The molecule has 1 aromatic rings. The molecule has 0 unspecified atom stereocenters. The van der Waals surface area contributed by atoms with Crippen molar-refractivity contribution in [1.29, 1.82) is 0 Å². The number of rotatable bonds is 5. The Morgan fingerprint density at radius 2 is 1.62 bits per heavy atom. The van der Waals surface area contributed by atoms with E-state index in [4.69, 9.17) is 0 Å². The van der Waals surface area contributed by atoms with E-state index in [-0.39, 0.29) is 0 Å². The molecule has 1 aromatic heterocycles. The predicted molar refractivity (Wildman–Crippen MR) is 87.5 cm³/mol. The SMILES string of the molecule is c1ncn(CCNC2CCCCCC2)c1C1CCCCC1. The van der Waals surface area contributed by atoms with Crippen LogP contribution in [0.3, 0.4) is 0 Å². The quantitative estimate of drug-likeness (QED) is 0.822. The van der Waals surface area contributed by atoms with Crippen molar-refractivity contribution >= 4 is 0 Å². The third kappa shape index (κ3) is 4.32. The van der Waals surface area contributed by atoms with E-state index in [0.29, 0.717) is 0 Å². The zero-order chi connectivity index (χ0) is 14.3. The third-order valence-electron chi connectivity index (χ3n) is 5.41. The third-order valence-corrected chi connectivity index (χ3v) is 5.41. The molecular weight excluding hydrogens is 258 g/mol. The van der Waals surface area contributed by atoms with Gasteiger partial charge in [0.25, 0.3) is 0 Å². The highest BCUT2D eigenvalue weighted by molar-refractivity contribution is 5.07. The van der Waals surface area contributed by atoms with Crippen molar-refractivity contribution in [2.45, 2.75) is 89.1 Å². The summed E-state index contributed by atoms with van der Waals surface area (Å²) in [4.78, 5) is 4.41. The first-order valence-electron chi connectivity index (χ1n) is 9.17. The molecule has 3 heteroatoms. The lowest BCUT2D eigenvalue weighted by Crippen LogP contribution is -2.31. The summed E-state index contributed by atoms with van der Waals surface area (Å²) in [5, 5.41) is 3.78. The van der Waals surface area contributed by atoms with Crippen molar-refractivity contribution in [2.24, 2.45) is 0 Å². The second-order valence-corrected chi connectivity index (χ2v) is 6.99. The van der Waals surface area contributed by atoms with E-state index in [1.165, 1.54) is 76.3 Å². The van der Waals surface area contributed by atoms with E-state index in [0.717, 1.165) is 25.0 Å².